The Balaban J connectivity index is 1.95. The number of aromatic hydroxyl groups is 1. The van der Waals surface area contributed by atoms with Crippen molar-refractivity contribution in [2.24, 2.45) is 10.2 Å². The minimum absolute atomic E-state index is 0.132. The maximum atomic E-state index is 9.61. The molecule has 92 valence electrons. The molecule has 0 saturated carbocycles. The third-order valence-corrected chi connectivity index (χ3v) is 2.89. The molecular weight excluding hydrogens is 236 g/mol. The Morgan fingerprint density at radius 1 is 0.684 bits per heavy atom. The van der Waals surface area contributed by atoms with Crippen LogP contribution >= 0.6 is 0 Å². The zero-order chi connectivity index (χ0) is 13.1. The maximum absolute atomic E-state index is 9.61. The van der Waals surface area contributed by atoms with Crippen LogP contribution in [-0.4, -0.2) is 5.11 Å². The van der Waals surface area contributed by atoms with Gasteiger partial charge in [-0.2, -0.15) is 5.11 Å². The van der Waals surface area contributed by atoms with Gasteiger partial charge in [-0.15, -0.1) is 5.11 Å². The van der Waals surface area contributed by atoms with E-state index in [4.69, 9.17) is 0 Å². The Morgan fingerprint density at radius 2 is 1.42 bits per heavy atom. The molecule has 0 saturated heterocycles. The lowest BCUT2D eigenvalue weighted by atomic mass is 10.1. The van der Waals surface area contributed by atoms with E-state index in [1.54, 1.807) is 18.2 Å². The molecule has 0 radical (unpaired) electrons. The largest absolute Gasteiger partial charge is 0.506 e. The molecule has 0 atom stereocenters. The quantitative estimate of drug-likeness (QED) is 0.640. The average Bonchev–Trinajstić information content (AvgIpc) is 2.46. The van der Waals surface area contributed by atoms with Crippen molar-refractivity contribution in [3.63, 3.8) is 0 Å². The zero-order valence-corrected chi connectivity index (χ0v) is 10.2. The van der Waals surface area contributed by atoms with E-state index in [1.165, 1.54) is 5.39 Å². The van der Waals surface area contributed by atoms with Crippen molar-refractivity contribution in [3.8, 4) is 5.75 Å². The average molecular weight is 248 g/mol. The third-order valence-electron chi connectivity index (χ3n) is 2.89. The summed E-state index contributed by atoms with van der Waals surface area (Å²) in [5, 5.41) is 20.1. The number of azo groups is 1. The van der Waals surface area contributed by atoms with Gasteiger partial charge in [0.2, 0.25) is 0 Å². The third kappa shape index (κ3) is 2.45. The summed E-state index contributed by atoms with van der Waals surface area (Å²) in [6.45, 7) is 0. The minimum Gasteiger partial charge on any atom is -0.506 e. The number of hydrogen-bond donors (Lipinski definition) is 1. The second-order valence-electron chi connectivity index (χ2n) is 4.22. The lowest BCUT2D eigenvalue weighted by Crippen LogP contribution is -1.71. The van der Waals surface area contributed by atoms with Gasteiger partial charge < -0.3 is 5.11 Å². The predicted molar refractivity (Wildman–Crippen MR) is 76.2 cm³/mol. The van der Waals surface area contributed by atoms with Gasteiger partial charge in [-0.1, -0.05) is 42.5 Å². The Hall–Kier alpha value is -2.68. The van der Waals surface area contributed by atoms with Crippen LogP contribution in [0.25, 0.3) is 10.8 Å². The molecule has 3 rings (SSSR count). The van der Waals surface area contributed by atoms with Crippen LogP contribution in [0.15, 0.2) is 77.0 Å². The molecule has 19 heavy (non-hydrogen) atoms. The molecule has 0 spiro atoms. The van der Waals surface area contributed by atoms with Gasteiger partial charge in [0.1, 0.15) is 11.4 Å². The Labute approximate surface area is 110 Å². The molecule has 0 bridgehead atoms. The van der Waals surface area contributed by atoms with E-state index in [0.29, 0.717) is 5.69 Å². The number of nitrogens with zero attached hydrogens (tertiary/aromatic N) is 2. The fraction of sp³-hybridized carbons (Fsp3) is 0. The molecule has 0 heterocycles. The van der Waals surface area contributed by atoms with E-state index >= 15 is 0 Å². The smallest absolute Gasteiger partial charge is 0.143 e. The topological polar surface area (TPSA) is 45.0 Å². The molecule has 3 aromatic rings. The van der Waals surface area contributed by atoms with Crippen molar-refractivity contribution in [1.29, 1.82) is 0 Å². The van der Waals surface area contributed by atoms with Crippen molar-refractivity contribution in [3.05, 3.63) is 66.7 Å². The fourth-order valence-electron chi connectivity index (χ4n) is 1.90. The lowest BCUT2D eigenvalue weighted by molar-refractivity contribution is 0.476. The van der Waals surface area contributed by atoms with Crippen LogP contribution in [0.4, 0.5) is 11.4 Å². The molecule has 3 nitrogen and oxygen atoms in total. The van der Waals surface area contributed by atoms with Crippen molar-refractivity contribution >= 4 is 22.1 Å². The van der Waals surface area contributed by atoms with Crippen LogP contribution in [0.3, 0.4) is 0 Å². The van der Waals surface area contributed by atoms with Gasteiger partial charge in [0.05, 0.1) is 5.69 Å². The van der Waals surface area contributed by atoms with Crippen LogP contribution in [-0.2, 0) is 0 Å². The summed E-state index contributed by atoms with van der Waals surface area (Å²) in [5.41, 5.74) is 1.23. The van der Waals surface area contributed by atoms with Gasteiger partial charge in [0.15, 0.2) is 0 Å². The summed E-state index contributed by atoms with van der Waals surface area (Å²) in [5.74, 6) is 0.132. The molecule has 0 fully saturated rings. The highest BCUT2D eigenvalue weighted by Gasteiger charge is 1.97. The van der Waals surface area contributed by atoms with E-state index in [0.717, 1.165) is 11.1 Å². The lowest BCUT2D eigenvalue weighted by Gasteiger charge is -1.99. The van der Waals surface area contributed by atoms with Gasteiger partial charge in [-0.25, -0.2) is 0 Å². The van der Waals surface area contributed by atoms with E-state index < -0.39 is 0 Å². The van der Waals surface area contributed by atoms with Gasteiger partial charge >= 0.3 is 0 Å². The van der Waals surface area contributed by atoms with Crippen LogP contribution in [0.5, 0.6) is 5.75 Å². The summed E-state index contributed by atoms with van der Waals surface area (Å²) in [6, 6.07) is 20.9. The summed E-state index contributed by atoms with van der Waals surface area (Å²) in [6.07, 6.45) is 0. The predicted octanol–water partition coefficient (Wildman–Crippen LogP) is 4.96. The number of fused-ring (bicyclic) bond motifs is 1. The van der Waals surface area contributed by atoms with Gasteiger partial charge in [-0.3, -0.25) is 0 Å². The highest BCUT2D eigenvalue weighted by Crippen LogP contribution is 2.28. The normalized spacial score (nSPS) is 11.2. The number of rotatable bonds is 2. The summed E-state index contributed by atoms with van der Waals surface area (Å²) in [4.78, 5) is 0. The number of para-hydroxylation sites is 1. The molecule has 1 N–H and O–H groups in total. The standard InChI is InChI=1S/C16H12N2O/c19-16-8-4-3-7-15(16)18-17-14-10-9-12-5-1-2-6-13(12)11-14/h1-11,19H. The number of phenols is 1. The number of phenolic OH excluding ortho intramolecular Hbond substituents is 1. The first-order valence-electron chi connectivity index (χ1n) is 6.01. The molecule has 3 aromatic carbocycles. The summed E-state index contributed by atoms with van der Waals surface area (Å²) >= 11 is 0. The first kappa shape index (κ1) is 11.4. The Morgan fingerprint density at radius 3 is 2.26 bits per heavy atom. The van der Waals surface area contributed by atoms with Crippen molar-refractivity contribution in [2.75, 3.05) is 0 Å². The van der Waals surface area contributed by atoms with E-state index in [2.05, 4.69) is 16.3 Å². The molecular formula is C16H12N2O. The molecule has 0 aliphatic carbocycles. The van der Waals surface area contributed by atoms with Crippen molar-refractivity contribution < 1.29 is 5.11 Å². The number of benzene rings is 3. The first-order valence-corrected chi connectivity index (χ1v) is 6.01. The van der Waals surface area contributed by atoms with Crippen molar-refractivity contribution in [1.82, 2.24) is 0 Å². The molecule has 0 aliphatic heterocycles. The van der Waals surface area contributed by atoms with E-state index in [1.807, 2.05) is 42.5 Å². The van der Waals surface area contributed by atoms with E-state index in [-0.39, 0.29) is 5.75 Å². The van der Waals surface area contributed by atoms with Crippen LogP contribution in [0.2, 0.25) is 0 Å². The number of hydrogen-bond acceptors (Lipinski definition) is 3. The van der Waals surface area contributed by atoms with Gasteiger partial charge in [0, 0.05) is 0 Å². The second-order valence-corrected chi connectivity index (χ2v) is 4.22. The summed E-state index contributed by atoms with van der Waals surface area (Å²) < 4.78 is 0. The van der Waals surface area contributed by atoms with Crippen LogP contribution < -0.4 is 0 Å². The Bertz CT molecular complexity index is 750. The van der Waals surface area contributed by atoms with Gasteiger partial charge in [0.25, 0.3) is 0 Å². The first-order chi connectivity index (χ1) is 9.33. The molecule has 0 amide bonds. The summed E-state index contributed by atoms with van der Waals surface area (Å²) in [7, 11) is 0. The SMILES string of the molecule is Oc1ccccc1N=Nc1ccc2ccccc2c1. The van der Waals surface area contributed by atoms with Gasteiger partial charge in [-0.05, 0) is 35.0 Å². The highest BCUT2D eigenvalue weighted by molar-refractivity contribution is 5.85. The molecule has 0 unspecified atom stereocenters. The zero-order valence-electron chi connectivity index (χ0n) is 10.2. The molecule has 3 heteroatoms. The second kappa shape index (κ2) is 4.90. The highest BCUT2D eigenvalue weighted by atomic mass is 16.3. The Kier molecular flexibility index (Phi) is 2.94. The maximum Gasteiger partial charge on any atom is 0.143 e. The molecule has 0 aliphatic rings. The minimum atomic E-state index is 0.132. The van der Waals surface area contributed by atoms with Crippen molar-refractivity contribution in [2.45, 2.75) is 0 Å². The monoisotopic (exact) mass is 248 g/mol. The van der Waals surface area contributed by atoms with Crippen LogP contribution in [0.1, 0.15) is 0 Å². The van der Waals surface area contributed by atoms with E-state index in [9.17, 15) is 5.11 Å². The van der Waals surface area contributed by atoms with Crippen LogP contribution in [0, 0.1) is 0 Å². The molecule has 0 aromatic heterocycles. The fourth-order valence-corrected chi connectivity index (χ4v) is 1.90.